The Morgan fingerprint density at radius 2 is 1.84 bits per heavy atom. The Bertz CT molecular complexity index is 506. The molecular formula is C13H12F3NO2. The van der Waals surface area contributed by atoms with Crippen molar-refractivity contribution in [3.63, 3.8) is 0 Å². The van der Waals surface area contributed by atoms with Crippen LogP contribution in [0.5, 0.6) is 5.75 Å². The lowest BCUT2D eigenvalue weighted by atomic mass is 10.1. The van der Waals surface area contributed by atoms with Gasteiger partial charge in [-0.15, -0.1) is 0 Å². The van der Waals surface area contributed by atoms with E-state index in [0.29, 0.717) is 5.56 Å². The van der Waals surface area contributed by atoms with E-state index in [-0.39, 0.29) is 31.2 Å². The monoisotopic (exact) mass is 271 g/mol. The van der Waals surface area contributed by atoms with E-state index in [4.69, 9.17) is 5.11 Å². The molecule has 1 aliphatic heterocycles. The van der Waals surface area contributed by atoms with Gasteiger partial charge >= 0.3 is 6.18 Å². The summed E-state index contributed by atoms with van der Waals surface area (Å²) in [6, 6.07) is 5.63. The minimum absolute atomic E-state index is 0.0365. The molecule has 0 aromatic heterocycles. The van der Waals surface area contributed by atoms with E-state index < -0.39 is 11.7 Å². The normalized spacial score (nSPS) is 16.2. The van der Waals surface area contributed by atoms with Crippen molar-refractivity contribution in [2.75, 3.05) is 13.1 Å². The number of hydrogen-bond donors (Lipinski definition) is 1. The quantitative estimate of drug-likeness (QED) is 0.798. The first-order valence-electron chi connectivity index (χ1n) is 5.72. The Kier molecular flexibility index (Phi) is 3.50. The van der Waals surface area contributed by atoms with Gasteiger partial charge in [0.25, 0.3) is 5.91 Å². The predicted octanol–water partition coefficient (Wildman–Crippen LogP) is 2.73. The first kappa shape index (κ1) is 13.5. The van der Waals surface area contributed by atoms with E-state index in [1.165, 1.54) is 29.2 Å². The molecule has 2 rings (SSSR count). The number of carbonyl (C=O) groups is 1. The first-order valence-corrected chi connectivity index (χ1v) is 5.72. The number of rotatable bonds is 1. The van der Waals surface area contributed by atoms with Crippen LogP contribution in [0.4, 0.5) is 13.2 Å². The van der Waals surface area contributed by atoms with Crippen LogP contribution in [0.25, 0.3) is 0 Å². The lowest BCUT2D eigenvalue weighted by molar-refractivity contribution is -0.0957. The summed E-state index contributed by atoms with van der Waals surface area (Å²) in [4.78, 5) is 13.3. The molecule has 0 atom stereocenters. The maximum Gasteiger partial charge on any atom is 0.412 e. The van der Waals surface area contributed by atoms with Gasteiger partial charge < -0.3 is 10.0 Å². The number of amides is 1. The fourth-order valence-electron chi connectivity index (χ4n) is 1.90. The fraction of sp³-hybridized carbons (Fsp3) is 0.308. The van der Waals surface area contributed by atoms with Crippen molar-refractivity contribution >= 4 is 5.91 Å². The number of aromatic hydroxyl groups is 1. The average molecular weight is 271 g/mol. The third-order valence-electron chi connectivity index (χ3n) is 2.97. The molecule has 19 heavy (non-hydrogen) atoms. The van der Waals surface area contributed by atoms with Crippen LogP contribution in [0.3, 0.4) is 0 Å². The number of nitrogens with zero attached hydrogens (tertiary/aromatic N) is 1. The average Bonchev–Trinajstić information content (AvgIpc) is 2.38. The van der Waals surface area contributed by atoms with Crippen molar-refractivity contribution in [2.45, 2.75) is 12.6 Å². The molecule has 0 unspecified atom stereocenters. The lowest BCUT2D eigenvalue weighted by Crippen LogP contribution is -2.36. The standard InChI is InChI=1S/C13H12F3NO2/c14-13(15,16)10-5-7-17(8-6-10)12(19)9-1-3-11(18)4-2-9/h1-5,18H,6-8H2. The molecule has 0 radical (unpaired) electrons. The molecule has 1 amide bonds. The molecule has 1 aromatic rings. The number of carbonyl (C=O) groups excluding carboxylic acids is 1. The van der Waals surface area contributed by atoms with E-state index in [1.54, 1.807) is 0 Å². The summed E-state index contributed by atoms with van der Waals surface area (Å²) in [6.45, 7) is -0.000391. The fourth-order valence-corrected chi connectivity index (χ4v) is 1.90. The molecule has 1 aromatic carbocycles. The minimum atomic E-state index is -4.31. The smallest absolute Gasteiger partial charge is 0.412 e. The zero-order valence-electron chi connectivity index (χ0n) is 9.94. The van der Waals surface area contributed by atoms with Crippen LogP contribution < -0.4 is 0 Å². The second kappa shape index (κ2) is 4.95. The van der Waals surface area contributed by atoms with Gasteiger partial charge in [-0.2, -0.15) is 13.2 Å². The van der Waals surface area contributed by atoms with Gasteiger partial charge in [-0.3, -0.25) is 4.79 Å². The molecule has 0 fully saturated rings. The van der Waals surface area contributed by atoms with Crippen LogP contribution in [0.15, 0.2) is 35.9 Å². The Hall–Kier alpha value is -1.98. The van der Waals surface area contributed by atoms with Crippen molar-refractivity contribution < 1.29 is 23.1 Å². The van der Waals surface area contributed by atoms with Gasteiger partial charge in [-0.1, -0.05) is 6.08 Å². The highest BCUT2D eigenvalue weighted by molar-refractivity contribution is 5.94. The number of phenols is 1. The van der Waals surface area contributed by atoms with E-state index in [9.17, 15) is 18.0 Å². The number of halogens is 3. The third kappa shape index (κ3) is 3.07. The van der Waals surface area contributed by atoms with E-state index in [2.05, 4.69) is 0 Å². The van der Waals surface area contributed by atoms with Gasteiger partial charge in [0.2, 0.25) is 0 Å². The zero-order chi connectivity index (χ0) is 14.0. The van der Waals surface area contributed by atoms with Crippen molar-refractivity contribution in [2.24, 2.45) is 0 Å². The van der Waals surface area contributed by atoms with Crippen molar-refractivity contribution in [3.8, 4) is 5.75 Å². The number of hydrogen-bond acceptors (Lipinski definition) is 2. The second-order valence-corrected chi connectivity index (χ2v) is 4.28. The Morgan fingerprint density at radius 1 is 1.21 bits per heavy atom. The van der Waals surface area contributed by atoms with Crippen LogP contribution in [0, 0.1) is 0 Å². The molecule has 6 heteroatoms. The van der Waals surface area contributed by atoms with Crippen molar-refractivity contribution in [3.05, 3.63) is 41.5 Å². The van der Waals surface area contributed by atoms with Crippen LogP contribution >= 0.6 is 0 Å². The SMILES string of the molecule is O=C(c1ccc(O)cc1)N1CC=C(C(F)(F)F)CC1. The Balaban J connectivity index is 2.07. The van der Waals surface area contributed by atoms with Gasteiger partial charge in [0.1, 0.15) is 5.75 Å². The molecule has 102 valence electrons. The van der Waals surface area contributed by atoms with Gasteiger partial charge in [0.05, 0.1) is 0 Å². The van der Waals surface area contributed by atoms with Gasteiger partial charge in [0.15, 0.2) is 0 Å². The zero-order valence-corrected chi connectivity index (χ0v) is 9.94. The highest BCUT2D eigenvalue weighted by Crippen LogP contribution is 2.30. The maximum atomic E-state index is 12.4. The Labute approximate surface area is 108 Å². The molecule has 1 aliphatic rings. The number of benzene rings is 1. The molecule has 0 bridgehead atoms. The van der Waals surface area contributed by atoms with E-state index in [0.717, 1.165) is 6.08 Å². The summed E-state index contributed by atoms with van der Waals surface area (Å²) in [6.07, 6.45) is -3.46. The highest BCUT2D eigenvalue weighted by Gasteiger charge is 2.35. The van der Waals surface area contributed by atoms with Crippen LogP contribution in [-0.4, -0.2) is 35.2 Å². The summed E-state index contributed by atoms with van der Waals surface area (Å²) in [5.41, 5.74) is -0.232. The molecular weight excluding hydrogens is 259 g/mol. The van der Waals surface area contributed by atoms with E-state index >= 15 is 0 Å². The molecule has 0 saturated heterocycles. The third-order valence-corrected chi connectivity index (χ3v) is 2.97. The summed E-state index contributed by atoms with van der Waals surface area (Å²) >= 11 is 0. The molecule has 0 saturated carbocycles. The minimum Gasteiger partial charge on any atom is -0.508 e. The molecule has 0 aliphatic carbocycles. The van der Waals surface area contributed by atoms with Crippen molar-refractivity contribution in [1.82, 2.24) is 4.90 Å². The molecule has 1 heterocycles. The maximum absolute atomic E-state index is 12.4. The Morgan fingerprint density at radius 3 is 2.32 bits per heavy atom. The lowest BCUT2D eigenvalue weighted by Gasteiger charge is -2.27. The van der Waals surface area contributed by atoms with Crippen LogP contribution in [0.1, 0.15) is 16.8 Å². The van der Waals surface area contributed by atoms with Crippen LogP contribution in [-0.2, 0) is 0 Å². The molecule has 1 N–H and O–H groups in total. The first-order chi connectivity index (χ1) is 8.88. The van der Waals surface area contributed by atoms with E-state index in [1.807, 2.05) is 0 Å². The number of alkyl halides is 3. The van der Waals surface area contributed by atoms with Gasteiger partial charge in [-0.05, 0) is 30.7 Å². The second-order valence-electron chi connectivity index (χ2n) is 4.28. The van der Waals surface area contributed by atoms with Crippen LogP contribution in [0.2, 0.25) is 0 Å². The summed E-state index contributed by atoms with van der Waals surface area (Å²) < 4.78 is 37.3. The number of phenolic OH excluding ortho intramolecular Hbond substituents is 1. The van der Waals surface area contributed by atoms with Gasteiger partial charge in [-0.25, -0.2) is 0 Å². The largest absolute Gasteiger partial charge is 0.508 e. The summed E-state index contributed by atoms with van der Waals surface area (Å²) in [7, 11) is 0. The predicted molar refractivity (Wildman–Crippen MR) is 62.8 cm³/mol. The highest BCUT2D eigenvalue weighted by atomic mass is 19.4. The molecule has 3 nitrogen and oxygen atoms in total. The topological polar surface area (TPSA) is 40.5 Å². The van der Waals surface area contributed by atoms with Crippen molar-refractivity contribution in [1.29, 1.82) is 0 Å². The summed E-state index contributed by atoms with van der Waals surface area (Å²) in [5, 5.41) is 9.11. The molecule has 0 spiro atoms. The van der Waals surface area contributed by atoms with Gasteiger partial charge in [0, 0.05) is 24.2 Å². The summed E-state index contributed by atoms with van der Waals surface area (Å²) in [5.74, 6) is -0.299.